The summed E-state index contributed by atoms with van der Waals surface area (Å²) in [6, 6.07) is 8.53. The van der Waals surface area contributed by atoms with E-state index in [1.165, 1.54) is 5.56 Å². The van der Waals surface area contributed by atoms with Crippen LogP contribution in [0.2, 0.25) is 0 Å². The SMILES string of the molecule is CNC(c1cccc(OC(C)C)c1)C1CSCCO1. The van der Waals surface area contributed by atoms with Crippen molar-refractivity contribution < 1.29 is 9.47 Å². The van der Waals surface area contributed by atoms with Gasteiger partial charge < -0.3 is 14.8 Å². The molecular formula is C15H23NO2S. The minimum atomic E-state index is 0.199. The van der Waals surface area contributed by atoms with Gasteiger partial charge >= 0.3 is 0 Å². The van der Waals surface area contributed by atoms with Crippen LogP contribution < -0.4 is 10.1 Å². The van der Waals surface area contributed by atoms with Gasteiger partial charge in [0.1, 0.15) is 5.75 Å². The third-order valence-electron chi connectivity index (χ3n) is 3.11. The Morgan fingerprint density at radius 1 is 1.42 bits per heavy atom. The molecule has 4 heteroatoms. The number of rotatable bonds is 5. The molecule has 0 spiro atoms. The van der Waals surface area contributed by atoms with Crippen LogP contribution in [-0.4, -0.2) is 37.4 Å². The summed E-state index contributed by atoms with van der Waals surface area (Å²) in [5, 5.41) is 3.37. The van der Waals surface area contributed by atoms with E-state index in [2.05, 4.69) is 17.4 Å². The van der Waals surface area contributed by atoms with E-state index in [9.17, 15) is 0 Å². The summed E-state index contributed by atoms with van der Waals surface area (Å²) in [6.07, 6.45) is 0.433. The maximum absolute atomic E-state index is 5.88. The topological polar surface area (TPSA) is 30.5 Å². The molecule has 0 bridgehead atoms. The van der Waals surface area contributed by atoms with Crippen molar-refractivity contribution in [2.75, 3.05) is 25.2 Å². The molecule has 106 valence electrons. The van der Waals surface area contributed by atoms with Crippen LogP contribution in [0.4, 0.5) is 0 Å². The molecule has 0 saturated carbocycles. The smallest absolute Gasteiger partial charge is 0.120 e. The quantitative estimate of drug-likeness (QED) is 0.899. The number of ether oxygens (including phenoxy) is 2. The molecule has 0 aliphatic carbocycles. The molecule has 1 aliphatic rings. The molecule has 3 nitrogen and oxygen atoms in total. The fraction of sp³-hybridized carbons (Fsp3) is 0.600. The van der Waals surface area contributed by atoms with E-state index >= 15 is 0 Å². The fourth-order valence-corrected chi connectivity index (χ4v) is 3.22. The van der Waals surface area contributed by atoms with Crippen molar-refractivity contribution >= 4 is 11.8 Å². The van der Waals surface area contributed by atoms with E-state index in [0.717, 1.165) is 23.9 Å². The first-order valence-corrected chi connectivity index (χ1v) is 7.99. The second-order valence-corrected chi connectivity index (χ2v) is 6.14. The lowest BCUT2D eigenvalue weighted by molar-refractivity contribution is 0.0488. The van der Waals surface area contributed by atoms with E-state index < -0.39 is 0 Å². The van der Waals surface area contributed by atoms with E-state index in [-0.39, 0.29) is 18.2 Å². The molecule has 1 aliphatic heterocycles. The Labute approximate surface area is 120 Å². The van der Waals surface area contributed by atoms with E-state index in [4.69, 9.17) is 9.47 Å². The summed E-state index contributed by atoms with van der Waals surface area (Å²) in [7, 11) is 1.99. The Morgan fingerprint density at radius 2 is 2.26 bits per heavy atom. The molecule has 1 saturated heterocycles. The Balaban J connectivity index is 2.12. The van der Waals surface area contributed by atoms with Crippen LogP contribution in [0.1, 0.15) is 25.5 Å². The van der Waals surface area contributed by atoms with Crippen molar-refractivity contribution in [2.45, 2.75) is 32.1 Å². The van der Waals surface area contributed by atoms with Gasteiger partial charge in [-0.25, -0.2) is 0 Å². The summed E-state index contributed by atoms with van der Waals surface area (Å²) in [4.78, 5) is 0. The highest BCUT2D eigenvalue weighted by atomic mass is 32.2. The Bertz CT molecular complexity index is 391. The minimum absolute atomic E-state index is 0.199. The number of hydrogen-bond acceptors (Lipinski definition) is 4. The highest BCUT2D eigenvalue weighted by molar-refractivity contribution is 7.99. The molecule has 1 heterocycles. The third kappa shape index (κ3) is 4.13. The molecule has 19 heavy (non-hydrogen) atoms. The average Bonchev–Trinajstić information content (AvgIpc) is 2.40. The van der Waals surface area contributed by atoms with Crippen LogP contribution in [-0.2, 0) is 4.74 Å². The zero-order valence-corrected chi connectivity index (χ0v) is 12.7. The monoisotopic (exact) mass is 281 g/mol. The van der Waals surface area contributed by atoms with Crippen molar-refractivity contribution in [3.05, 3.63) is 29.8 Å². The summed E-state index contributed by atoms with van der Waals surface area (Å²) >= 11 is 1.96. The van der Waals surface area contributed by atoms with Crippen LogP contribution >= 0.6 is 11.8 Å². The molecule has 1 N–H and O–H groups in total. The predicted molar refractivity (Wildman–Crippen MR) is 81.1 cm³/mol. The predicted octanol–water partition coefficient (Wildman–Crippen LogP) is 2.87. The van der Waals surface area contributed by atoms with Gasteiger partial charge in [0.25, 0.3) is 0 Å². The molecule has 0 radical (unpaired) electrons. The van der Waals surface area contributed by atoms with Crippen LogP contribution in [0.5, 0.6) is 5.75 Å². The van der Waals surface area contributed by atoms with Gasteiger partial charge in [0.2, 0.25) is 0 Å². The lowest BCUT2D eigenvalue weighted by Gasteiger charge is -2.30. The van der Waals surface area contributed by atoms with E-state index in [1.807, 2.05) is 44.8 Å². The average molecular weight is 281 g/mol. The molecule has 1 aromatic carbocycles. The van der Waals surface area contributed by atoms with E-state index in [0.29, 0.717) is 0 Å². The van der Waals surface area contributed by atoms with Crippen molar-refractivity contribution in [3.63, 3.8) is 0 Å². The highest BCUT2D eigenvalue weighted by Crippen LogP contribution is 2.27. The maximum Gasteiger partial charge on any atom is 0.120 e. The Morgan fingerprint density at radius 3 is 2.89 bits per heavy atom. The van der Waals surface area contributed by atoms with Gasteiger partial charge in [0.15, 0.2) is 0 Å². The second-order valence-electron chi connectivity index (χ2n) is 4.99. The first-order valence-electron chi connectivity index (χ1n) is 6.84. The van der Waals surface area contributed by atoms with Gasteiger partial charge in [-0.2, -0.15) is 11.8 Å². The number of likely N-dealkylation sites (N-methyl/N-ethyl adjacent to an activating group) is 1. The highest BCUT2D eigenvalue weighted by Gasteiger charge is 2.25. The van der Waals surface area contributed by atoms with Gasteiger partial charge in [-0.15, -0.1) is 0 Å². The second kappa shape index (κ2) is 7.17. The fourth-order valence-electron chi connectivity index (χ4n) is 2.32. The first-order chi connectivity index (χ1) is 9.20. The van der Waals surface area contributed by atoms with Gasteiger partial charge in [0, 0.05) is 11.5 Å². The van der Waals surface area contributed by atoms with Gasteiger partial charge in [-0.05, 0) is 38.6 Å². The van der Waals surface area contributed by atoms with Crippen molar-refractivity contribution in [3.8, 4) is 5.75 Å². The van der Waals surface area contributed by atoms with Crippen LogP contribution in [0, 0.1) is 0 Å². The third-order valence-corrected chi connectivity index (χ3v) is 4.13. The number of benzene rings is 1. The molecule has 2 rings (SSSR count). The van der Waals surface area contributed by atoms with E-state index in [1.54, 1.807) is 0 Å². The van der Waals surface area contributed by atoms with Crippen LogP contribution in [0.15, 0.2) is 24.3 Å². The molecule has 2 unspecified atom stereocenters. The molecule has 0 amide bonds. The molecule has 1 fully saturated rings. The molecule has 0 aromatic heterocycles. The lowest BCUT2D eigenvalue weighted by Crippen LogP contribution is -2.36. The Kier molecular flexibility index (Phi) is 5.55. The molecule has 2 atom stereocenters. The van der Waals surface area contributed by atoms with Gasteiger partial charge in [0.05, 0.1) is 24.9 Å². The standard InChI is InChI=1S/C15H23NO2S/c1-11(2)18-13-6-4-5-12(9-13)15(16-3)14-10-19-8-7-17-14/h4-6,9,11,14-16H,7-8,10H2,1-3H3. The maximum atomic E-state index is 5.88. The number of thioether (sulfide) groups is 1. The number of nitrogens with one attached hydrogen (secondary N) is 1. The van der Waals surface area contributed by atoms with Crippen LogP contribution in [0.25, 0.3) is 0 Å². The van der Waals surface area contributed by atoms with Gasteiger partial charge in [-0.1, -0.05) is 12.1 Å². The van der Waals surface area contributed by atoms with Crippen molar-refractivity contribution in [1.29, 1.82) is 0 Å². The number of hydrogen-bond donors (Lipinski definition) is 1. The first kappa shape index (κ1) is 14.7. The lowest BCUT2D eigenvalue weighted by atomic mass is 10.0. The minimum Gasteiger partial charge on any atom is -0.491 e. The summed E-state index contributed by atoms with van der Waals surface area (Å²) < 4.78 is 11.6. The Hall–Kier alpha value is -0.710. The molecular weight excluding hydrogens is 258 g/mol. The van der Waals surface area contributed by atoms with Crippen molar-refractivity contribution in [1.82, 2.24) is 5.32 Å². The van der Waals surface area contributed by atoms with Crippen LogP contribution in [0.3, 0.4) is 0 Å². The van der Waals surface area contributed by atoms with Gasteiger partial charge in [-0.3, -0.25) is 0 Å². The summed E-state index contributed by atoms with van der Waals surface area (Å²) in [5.41, 5.74) is 1.23. The zero-order valence-electron chi connectivity index (χ0n) is 11.9. The normalized spacial score (nSPS) is 21.4. The zero-order chi connectivity index (χ0) is 13.7. The largest absolute Gasteiger partial charge is 0.491 e. The van der Waals surface area contributed by atoms with Crippen molar-refractivity contribution in [2.24, 2.45) is 0 Å². The molecule has 1 aromatic rings. The summed E-state index contributed by atoms with van der Waals surface area (Å²) in [6.45, 7) is 4.93. The summed E-state index contributed by atoms with van der Waals surface area (Å²) in [5.74, 6) is 3.07.